The number of nitrogens with one attached hydrogen (secondary N) is 1. The first kappa shape index (κ1) is 16.6. The monoisotopic (exact) mass is 337 g/mol. The molecule has 1 saturated heterocycles. The van der Waals surface area contributed by atoms with Crippen molar-refractivity contribution in [3.8, 4) is 0 Å². The number of hydrogen-bond acceptors (Lipinski definition) is 4. The number of rotatable bonds is 6. The van der Waals surface area contributed by atoms with Gasteiger partial charge in [0.1, 0.15) is 5.82 Å². The number of aliphatic hydroxyl groups is 1. The predicted octanol–water partition coefficient (Wildman–Crippen LogP) is 1.68. The molecule has 0 spiro atoms. The summed E-state index contributed by atoms with van der Waals surface area (Å²) in [5.74, 6) is -0.518. The van der Waals surface area contributed by atoms with Crippen LogP contribution in [0.5, 0.6) is 0 Å². The van der Waals surface area contributed by atoms with Crippen molar-refractivity contribution in [1.82, 2.24) is 4.72 Å². The van der Waals surface area contributed by atoms with Gasteiger partial charge >= 0.3 is 0 Å². The lowest BCUT2D eigenvalue weighted by molar-refractivity contribution is 0.184. The molecule has 1 aromatic carbocycles. The van der Waals surface area contributed by atoms with E-state index in [1.807, 2.05) is 0 Å². The average Bonchev–Trinajstić information content (AvgIpc) is 2.94. The molecule has 1 unspecified atom stereocenters. The minimum Gasteiger partial charge on any atom is -0.392 e. The molecule has 0 aliphatic carbocycles. The van der Waals surface area contributed by atoms with Crippen LogP contribution in [0.25, 0.3) is 0 Å². The summed E-state index contributed by atoms with van der Waals surface area (Å²) in [6, 6.07) is 2.02. The fourth-order valence-electron chi connectivity index (χ4n) is 2.18. The molecular formula is C13H17ClFNO4S. The first-order valence-corrected chi connectivity index (χ1v) is 8.46. The second-order valence-corrected chi connectivity index (χ2v) is 7.10. The van der Waals surface area contributed by atoms with Gasteiger partial charge in [-0.05, 0) is 30.9 Å². The number of halogens is 2. The molecule has 1 aromatic rings. The lowest BCUT2D eigenvalue weighted by atomic mass is 10.1. The Morgan fingerprint density at radius 1 is 1.48 bits per heavy atom. The summed E-state index contributed by atoms with van der Waals surface area (Å²) < 4.78 is 45.4. The quantitative estimate of drug-likeness (QED) is 0.828. The maximum Gasteiger partial charge on any atom is 0.240 e. The van der Waals surface area contributed by atoms with Gasteiger partial charge in [-0.15, -0.1) is 0 Å². The van der Waals surface area contributed by atoms with Crippen LogP contribution in [0.4, 0.5) is 4.39 Å². The normalized spacial score (nSPS) is 19.1. The van der Waals surface area contributed by atoms with Crippen molar-refractivity contribution in [2.45, 2.75) is 24.3 Å². The Hall–Kier alpha value is -0.730. The van der Waals surface area contributed by atoms with Crippen molar-refractivity contribution in [2.75, 3.05) is 19.8 Å². The van der Waals surface area contributed by atoms with Crippen molar-refractivity contribution >= 4 is 21.6 Å². The number of ether oxygens (including phenoxy) is 1. The highest BCUT2D eigenvalue weighted by Crippen LogP contribution is 2.24. The third-order valence-corrected chi connectivity index (χ3v) is 5.29. The SMILES string of the molecule is O=S(=O)(NCCC1CCOC1)c1cc(F)c(Cl)c(CO)c1. The molecule has 8 heteroatoms. The van der Waals surface area contributed by atoms with E-state index in [9.17, 15) is 12.8 Å². The summed E-state index contributed by atoms with van der Waals surface area (Å²) in [5, 5.41) is 8.81. The van der Waals surface area contributed by atoms with Gasteiger partial charge in [-0.3, -0.25) is 0 Å². The number of aliphatic hydroxyl groups excluding tert-OH is 1. The van der Waals surface area contributed by atoms with Crippen molar-refractivity contribution in [3.05, 3.63) is 28.5 Å². The molecule has 0 radical (unpaired) electrons. The second-order valence-electron chi connectivity index (χ2n) is 4.95. The molecule has 1 aliphatic heterocycles. The van der Waals surface area contributed by atoms with Gasteiger partial charge in [0.25, 0.3) is 0 Å². The second kappa shape index (κ2) is 7.02. The molecule has 1 heterocycles. The zero-order valence-corrected chi connectivity index (χ0v) is 12.9. The van der Waals surface area contributed by atoms with E-state index >= 15 is 0 Å². The van der Waals surface area contributed by atoms with Gasteiger partial charge in [0.15, 0.2) is 0 Å². The number of hydrogen-bond donors (Lipinski definition) is 2. The Morgan fingerprint density at radius 3 is 2.86 bits per heavy atom. The van der Waals surface area contributed by atoms with Gasteiger partial charge in [0.05, 0.1) is 16.5 Å². The van der Waals surface area contributed by atoms with Crippen LogP contribution in [0.3, 0.4) is 0 Å². The largest absolute Gasteiger partial charge is 0.392 e. The fraction of sp³-hybridized carbons (Fsp3) is 0.538. The minimum atomic E-state index is -3.82. The van der Waals surface area contributed by atoms with Crippen LogP contribution in [-0.4, -0.2) is 33.3 Å². The van der Waals surface area contributed by atoms with Crippen LogP contribution in [0, 0.1) is 11.7 Å². The summed E-state index contributed by atoms with van der Waals surface area (Å²) in [4.78, 5) is -0.240. The van der Waals surface area contributed by atoms with E-state index in [1.54, 1.807) is 0 Å². The molecule has 2 N–H and O–H groups in total. The lowest BCUT2D eigenvalue weighted by Gasteiger charge is -2.11. The van der Waals surface area contributed by atoms with E-state index in [-0.39, 0.29) is 22.0 Å². The van der Waals surface area contributed by atoms with Gasteiger partial charge in [-0.25, -0.2) is 17.5 Å². The van der Waals surface area contributed by atoms with Crippen LogP contribution in [0.15, 0.2) is 17.0 Å². The predicted molar refractivity (Wildman–Crippen MR) is 76.1 cm³/mol. The number of benzene rings is 1. The standard InChI is InChI=1S/C13H17ClFNO4S/c14-13-10(7-17)5-11(6-12(13)15)21(18,19)16-3-1-9-2-4-20-8-9/h5-6,9,16-17H,1-4,7-8H2. The summed E-state index contributed by atoms with van der Waals surface area (Å²) in [5.41, 5.74) is 0.0428. The molecule has 0 amide bonds. The molecule has 0 bridgehead atoms. The summed E-state index contributed by atoms with van der Waals surface area (Å²) in [6.07, 6.45) is 1.59. The molecule has 2 rings (SSSR count). The zero-order chi connectivity index (χ0) is 15.5. The molecule has 0 aromatic heterocycles. The van der Waals surface area contributed by atoms with Gasteiger partial charge in [0, 0.05) is 25.3 Å². The van der Waals surface area contributed by atoms with Crippen molar-refractivity contribution in [2.24, 2.45) is 5.92 Å². The Morgan fingerprint density at radius 2 is 2.24 bits per heavy atom. The molecule has 0 saturated carbocycles. The lowest BCUT2D eigenvalue weighted by Crippen LogP contribution is -2.26. The van der Waals surface area contributed by atoms with E-state index in [1.165, 1.54) is 6.07 Å². The van der Waals surface area contributed by atoms with Gasteiger partial charge in [0.2, 0.25) is 10.0 Å². The molecular weight excluding hydrogens is 321 g/mol. The Balaban J connectivity index is 2.06. The first-order chi connectivity index (χ1) is 9.94. The highest BCUT2D eigenvalue weighted by molar-refractivity contribution is 7.89. The molecule has 21 heavy (non-hydrogen) atoms. The maximum atomic E-state index is 13.6. The van der Waals surface area contributed by atoms with Crippen LogP contribution in [0.1, 0.15) is 18.4 Å². The van der Waals surface area contributed by atoms with Gasteiger partial charge in [-0.2, -0.15) is 0 Å². The third-order valence-electron chi connectivity index (χ3n) is 3.43. The molecule has 1 atom stereocenters. The molecule has 5 nitrogen and oxygen atoms in total. The van der Waals surface area contributed by atoms with E-state index in [2.05, 4.69) is 4.72 Å². The van der Waals surface area contributed by atoms with Crippen LogP contribution >= 0.6 is 11.6 Å². The first-order valence-electron chi connectivity index (χ1n) is 6.60. The fourth-order valence-corrected chi connectivity index (χ4v) is 3.46. The van der Waals surface area contributed by atoms with Crippen LogP contribution in [-0.2, 0) is 21.4 Å². The molecule has 118 valence electrons. The van der Waals surface area contributed by atoms with Gasteiger partial charge in [-0.1, -0.05) is 11.6 Å². The topological polar surface area (TPSA) is 75.6 Å². The van der Waals surface area contributed by atoms with E-state index < -0.39 is 22.4 Å². The van der Waals surface area contributed by atoms with Crippen LogP contribution < -0.4 is 4.72 Å². The third kappa shape index (κ3) is 4.14. The van der Waals surface area contributed by atoms with E-state index in [0.29, 0.717) is 25.6 Å². The summed E-state index contributed by atoms with van der Waals surface area (Å²) in [6.45, 7) is 1.08. The summed E-state index contributed by atoms with van der Waals surface area (Å²) >= 11 is 5.64. The highest BCUT2D eigenvalue weighted by Gasteiger charge is 2.20. The minimum absolute atomic E-state index is 0.0428. The van der Waals surface area contributed by atoms with E-state index in [0.717, 1.165) is 12.5 Å². The zero-order valence-electron chi connectivity index (χ0n) is 11.3. The molecule has 1 aliphatic rings. The van der Waals surface area contributed by atoms with Crippen molar-refractivity contribution in [3.63, 3.8) is 0 Å². The van der Waals surface area contributed by atoms with E-state index in [4.69, 9.17) is 21.4 Å². The Labute approximate surface area is 128 Å². The van der Waals surface area contributed by atoms with Crippen molar-refractivity contribution in [1.29, 1.82) is 0 Å². The summed E-state index contributed by atoms with van der Waals surface area (Å²) in [7, 11) is -3.82. The Kier molecular flexibility index (Phi) is 5.56. The highest BCUT2D eigenvalue weighted by atomic mass is 35.5. The van der Waals surface area contributed by atoms with Crippen LogP contribution in [0.2, 0.25) is 5.02 Å². The van der Waals surface area contributed by atoms with Gasteiger partial charge < -0.3 is 9.84 Å². The Bertz CT molecular complexity index is 602. The average molecular weight is 338 g/mol. The molecule has 1 fully saturated rings. The maximum absolute atomic E-state index is 13.6. The van der Waals surface area contributed by atoms with Crippen molar-refractivity contribution < 1.29 is 22.7 Å². The smallest absolute Gasteiger partial charge is 0.240 e. The number of sulfonamides is 1.